The van der Waals surface area contributed by atoms with Crippen LogP contribution in [0.1, 0.15) is 72.8 Å². The summed E-state index contributed by atoms with van der Waals surface area (Å²) in [6, 6.07) is 41.1. The van der Waals surface area contributed by atoms with Crippen molar-refractivity contribution in [2.75, 3.05) is 0 Å². The quantitative estimate of drug-likeness (QED) is 0.0462. The Morgan fingerprint density at radius 3 is 2.09 bits per heavy atom. The van der Waals surface area contributed by atoms with Gasteiger partial charge in [-0.15, -0.1) is 17.7 Å². The van der Waals surface area contributed by atoms with Gasteiger partial charge in [0, 0.05) is 55.2 Å². The summed E-state index contributed by atoms with van der Waals surface area (Å²) in [6.45, 7) is 12.6. The van der Waals surface area contributed by atoms with Crippen LogP contribution in [0, 0.1) is 30.9 Å². The summed E-state index contributed by atoms with van der Waals surface area (Å²) in [5.41, 5.74) is 7.05. The maximum atomic E-state index is 11.7. The zero-order valence-electron chi connectivity index (χ0n) is 32.4. The minimum Gasteiger partial charge on any atom is -0.512 e. The van der Waals surface area contributed by atoms with Gasteiger partial charge in [0.2, 0.25) is 0 Å². The Labute approximate surface area is 339 Å². The van der Waals surface area contributed by atoms with E-state index in [1.165, 1.54) is 59.1 Å². The van der Waals surface area contributed by atoms with Crippen LogP contribution >= 0.6 is 11.3 Å². The standard InChI is InChI=1S/C36H28NS.C13H24O2.Ir/c1-23(2)19-24-20-30-28-15-9-10-16-34(28)38-36(30)31(21-24)33-22-29(25-11-5-4-6-12-25)35-27-14-8-7-13-26(27)17-18-32(35)37(33)3;1-5-10(6-2)12(14)9-13(15)11(7-3)8-4;/h4-18,20,22-23H,3,19H2,1-2H3;9-11,14H,5-8H2,1-4H3;/q-1;;/b;12-9-;. The smallest absolute Gasteiger partial charge is 0.162 e. The van der Waals surface area contributed by atoms with Crippen LogP contribution in [0.4, 0.5) is 0 Å². The first-order valence-corrected chi connectivity index (χ1v) is 20.1. The van der Waals surface area contributed by atoms with Gasteiger partial charge in [-0.3, -0.25) is 4.79 Å². The number of nitrogens with zero attached hydrogens (tertiary/aromatic N) is 1. The molecule has 281 valence electrons. The Kier molecular flexibility index (Phi) is 13.9. The molecule has 0 bridgehead atoms. The summed E-state index contributed by atoms with van der Waals surface area (Å²) in [5, 5.41) is 16.1. The van der Waals surface area contributed by atoms with E-state index in [-0.39, 0.29) is 43.5 Å². The van der Waals surface area contributed by atoms with Crippen LogP contribution in [0.25, 0.3) is 64.2 Å². The Morgan fingerprint density at radius 1 is 0.796 bits per heavy atom. The first-order chi connectivity index (χ1) is 25.7. The van der Waals surface area contributed by atoms with Crippen LogP contribution in [-0.2, 0) is 31.3 Å². The number of thiophene rings is 1. The van der Waals surface area contributed by atoms with Crippen molar-refractivity contribution in [3.63, 3.8) is 0 Å². The van der Waals surface area contributed by atoms with Crippen LogP contribution in [-0.4, -0.2) is 10.9 Å². The van der Waals surface area contributed by atoms with Gasteiger partial charge in [0.25, 0.3) is 0 Å². The second-order valence-corrected chi connectivity index (χ2v) is 15.6. The number of rotatable bonds is 11. The van der Waals surface area contributed by atoms with E-state index in [0.717, 1.165) is 48.9 Å². The number of benzene rings is 5. The fourth-order valence-electron chi connectivity index (χ4n) is 7.57. The van der Waals surface area contributed by atoms with E-state index in [2.05, 4.69) is 135 Å². The summed E-state index contributed by atoms with van der Waals surface area (Å²) in [4.78, 5) is 11.7. The second kappa shape index (κ2) is 18.4. The molecule has 0 amide bonds. The topological polar surface area (TPSA) is 41.2 Å². The molecule has 1 N–H and O–H groups in total. The molecule has 0 aliphatic rings. The molecule has 1 radical (unpaired) electrons. The number of fused-ring (bicyclic) bond motifs is 6. The first-order valence-electron chi connectivity index (χ1n) is 19.3. The molecule has 2 heterocycles. The number of aliphatic hydroxyl groups excluding tert-OH is 1. The van der Waals surface area contributed by atoms with E-state index >= 15 is 0 Å². The van der Waals surface area contributed by atoms with Crippen LogP contribution in [0.2, 0.25) is 0 Å². The molecule has 0 aliphatic carbocycles. The number of ketones is 1. The molecule has 0 aliphatic heterocycles. The van der Waals surface area contributed by atoms with Crippen molar-refractivity contribution in [3.05, 3.63) is 134 Å². The van der Waals surface area contributed by atoms with Crippen LogP contribution in [0.5, 0.6) is 0 Å². The number of hydrogen-bond donors (Lipinski definition) is 1. The van der Waals surface area contributed by atoms with Crippen molar-refractivity contribution in [1.82, 2.24) is 0 Å². The van der Waals surface area contributed by atoms with E-state index in [1.807, 2.05) is 39.0 Å². The van der Waals surface area contributed by atoms with Crippen molar-refractivity contribution in [3.8, 4) is 22.4 Å². The van der Waals surface area contributed by atoms with Crippen molar-refractivity contribution in [2.45, 2.75) is 73.6 Å². The van der Waals surface area contributed by atoms with Gasteiger partial charge in [0.05, 0.1) is 5.76 Å². The molecule has 5 heteroatoms. The van der Waals surface area contributed by atoms with Gasteiger partial charge in [-0.05, 0) is 88.2 Å². The fourth-order valence-corrected chi connectivity index (χ4v) is 8.76. The van der Waals surface area contributed by atoms with E-state index < -0.39 is 0 Å². The molecule has 0 spiro atoms. The van der Waals surface area contributed by atoms with Gasteiger partial charge in [0.15, 0.2) is 5.78 Å². The van der Waals surface area contributed by atoms with Crippen molar-refractivity contribution in [2.24, 2.45) is 17.8 Å². The molecule has 7 aromatic rings. The largest absolute Gasteiger partial charge is 0.512 e. The molecule has 0 saturated carbocycles. The van der Waals surface area contributed by atoms with Crippen molar-refractivity contribution < 1.29 is 34.6 Å². The minimum atomic E-state index is 0. The van der Waals surface area contributed by atoms with E-state index in [1.54, 1.807) is 0 Å². The summed E-state index contributed by atoms with van der Waals surface area (Å²) >= 11 is 1.86. The van der Waals surface area contributed by atoms with Gasteiger partial charge in [-0.1, -0.05) is 131 Å². The Hall–Kier alpha value is -4.28. The third kappa shape index (κ3) is 8.50. The average molecular weight is 911 g/mol. The third-order valence-electron chi connectivity index (χ3n) is 10.6. The van der Waals surface area contributed by atoms with Crippen molar-refractivity contribution >= 4 is 59.0 Å². The van der Waals surface area contributed by atoms with E-state index in [4.69, 9.17) is 0 Å². The van der Waals surface area contributed by atoms with Crippen molar-refractivity contribution in [1.29, 1.82) is 0 Å². The van der Waals surface area contributed by atoms with Gasteiger partial charge >= 0.3 is 0 Å². The van der Waals surface area contributed by atoms with E-state index in [9.17, 15) is 9.90 Å². The van der Waals surface area contributed by atoms with Gasteiger partial charge in [0.1, 0.15) is 11.2 Å². The summed E-state index contributed by atoms with van der Waals surface area (Å²) < 4.78 is 4.71. The normalized spacial score (nSPS) is 11.8. The Balaban J connectivity index is 0.000000301. The van der Waals surface area contributed by atoms with Gasteiger partial charge < -0.3 is 9.67 Å². The monoisotopic (exact) mass is 911 g/mol. The van der Waals surface area contributed by atoms with Gasteiger partial charge in [-0.25, -0.2) is 0 Å². The minimum absolute atomic E-state index is 0. The maximum absolute atomic E-state index is 11.7. The molecule has 0 unspecified atom stereocenters. The molecule has 5 aromatic carbocycles. The summed E-state index contributed by atoms with van der Waals surface area (Å²) in [6.07, 6.45) is 5.90. The zero-order chi connectivity index (χ0) is 37.6. The Morgan fingerprint density at radius 2 is 1.43 bits per heavy atom. The van der Waals surface area contributed by atoms with Gasteiger partial charge in [-0.2, -0.15) is 11.3 Å². The maximum Gasteiger partial charge on any atom is 0.162 e. The first kappa shape index (κ1) is 40.9. The predicted molar refractivity (Wildman–Crippen MR) is 227 cm³/mol. The SMILES string of the molecule is CCC(CC)C(=O)/C=C(\O)C(CC)CC.[CH2-][n+]1c(-c2[c-]c(CC(C)C)cc3c2sc2ccccc23)cc(-c2ccccc2)c2c3ccccc3ccc21.[Ir]. The molecule has 54 heavy (non-hydrogen) atoms. The number of aliphatic hydroxyl groups is 1. The number of hydrogen-bond acceptors (Lipinski definition) is 3. The molecule has 3 nitrogen and oxygen atoms in total. The fraction of sp³-hybridized carbons (Fsp3) is 0.286. The molecule has 2 aromatic heterocycles. The number of carbonyl (C=O) groups is 1. The molecule has 7 rings (SSSR count). The predicted octanol–water partition coefficient (Wildman–Crippen LogP) is 13.5. The summed E-state index contributed by atoms with van der Waals surface area (Å²) in [5.74, 6) is 1.10. The van der Waals surface area contributed by atoms with Crippen LogP contribution in [0.15, 0.2) is 115 Å². The summed E-state index contributed by atoms with van der Waals surface area (Å²) in [7, 11) is 4.62. The third-order valence-corrected chi connectivity index (χ3v) is 11.8. The second-order valence-electron chi connectivity index (χ2n) is 14.5. The van der Waals surface area contributed by atoms with Crippen LogP contribution in [0.3, 0.4) is 0 Å². The molecule has 0 fully saturated rings. The zero-order valence-corrected chi connectivity index (χ0v) is 35.6. The molecule has 0 saturated heterocycles. The number of allylic oxidation sites excluding steroid dienone is 2. The Bertz CT molecular complexity index is 2400. The average Bonchev–Trinajstić information content (AvgIpc) is 3.54. The molecular weight excluding hydrogens is 859 g/mol. The number of carbonyl (C=O) groups excluding carboxylic acids is 1. The van der Waals surface area contributed by atoms with E-state index in [0.29, 0.717) is 5.92 Å². The number of pyridine rings is 1. The van der Waals surface area contributed by atoms with Crippen LogP contribution < -0.4 is 4.57 Å². The molecular formula is C49H52IrNO2S-. The number of aromatic nitrogens is 1. The molecule has 0 atom stereocenters.